The number of nitrogens with zero attached hydrogens (tertiary/aromatic N) is 5. The number of hydrogen-bond donors (Lipinski definition) is 2. The Morgan fingerprint density at radius 2 is 2.15 bits per heavy atom. The number of amides is 1. The number of rotatable bonds is 6. The topological polar surface area (TPSA) is 118 Å². The van der Waals surface area contributed by atoms with Crippen LogP contribution in [-0.4, -0.2) is 63.6 Å². The number of nitriles is 1. The number of H-pyrrole nitrogens is 1. The SMILES string of the molecule is CN(CCC(=O)N1CC(Nc2ccc(C#N)cn2)C1)[C@@H]1CCc2c1n[nH]c(=O)c2C(F)(F)F. The average Bonchev–Trinajstić information content (AvgIpc) is 3.17. The maximum atomic E-state index is 13.3. The molecule has 12 heteroatoms. The highest BCUT2D eigenvalue weighted by atomic mass is 19.4. The van der Waals surface area contributed by atoms with Crippen LogP contribution in [0, 0.1) is 11.3 Å². The van der Waals surface area contributed by atoms with Crippen molar-refractivity contribution in [3.05, 3.63) is 51.1 Å². The number of halogens is 3. The molecule has 2 aliphatic rings. The lowest BCUT2D eigenvalue weighted by atomic mass is 10.1. The fourth-order valence-corrected chi connectivity index (χ4v) is 4.29. The van der Waals surface area contributed by atoms with E-state index in [1.807, 2.05) is 16.1 Å². The molecule has 1 amide bonds. The highest BCUT2D eigenvalue weighted by Crippen LogP contribution is 2.39. The minimum atomic E-state index is -4.74. The first-order valence-corrected chi connectivity index (χ1v) is 10.5. The van der Waals surface area contributed by atoms with Crippen LogP contribution in [0.3, 0.4) is 0 Å². The van der Waals surface area contributed by atoms with E-state index < -0.39 is 17.3 Å². The second kappa shape index (κ2) is 8.82. The number of likely N-dealkylation sites (tertiary alicyclic amines) is 1. The molecule has 1 aliphatic carbocycles. The number of aromatic amines is 1. The Balaban J connectivity index is 1.28. The number of fused-ring (bicyclic) bond motifs is 1. The van der Waals surface area contributed by atoms with Crippen molar-refractivity contribution in [2.75, 3.05) is 32.0 Å². The Morgan fingerprint density at radius 1 is 1.39 bits per heavy atom. The van der Waals surface area contributed by atoms with Crippen molar-refractivity contribution < 1.29 is 18.0 Å². The van der Waals surface area contributed by atoms with Gasteiger partial charge >= 0.3 is 6.18 Å². The lowest BCUT2D eigenvalue weighted by Crippen LogP contribution is -2.57. The molecule has 0 radical (unpaired) electrons. The molecule has 1 atom stereocenters. The first-order chi connectivity index (χ1) is 15.7. The van der Waals surface area contributed by atoms with E-state index in [4.69, 9.17) is 5.26 Å². The number of carbonyl (C=O) groups is 1. The van der Waals surface area contributed by atoms with Crippen molar-refractivity contribution >= 4 is 11.7 Å². The van der Waals surface area contributed by atoms with Gasteiger partial charge in [-0.05, 0) is 37.6 Å². The fraction of sp³-hybridized carbons (Fsp3) is 0.476. The predicted octanol–water partition coefficient (Wildman–Crippen LogP) is 1.69. The number of nitrogens with one attached hydrogen (secondary N) is 2. The van der Waals surface area contributed by atoms with Gasteiger partial charge in [0.1, 0.15) is 17.5 Å². The summed E-state index contributed by atoms with van der Waals surface area (Å²) in [5.41, 5.74) is -1.76. The zero-order chi connectivity index (χ0) is 23.8. The summed E-state index contributed by atoms with van der Waals surface area (Å²) in [5.74, 6) is 0.589. The van der Waals surface area contributed by atoms with E-state index in [1.54, 1.807) is 24.1 Å². The van der Waals surface area contributed by atoms with Crippen LogP contribution in [0.5, 0.6) is 0 Å². The molecule has 1 saturated heterocycles. The lowest BCUT2D eigenvalue weighted by Gasteiger charge is -2.40. The van der Waals surface area contributed by atoms with Crippen molar-refractivity contribution in [1.29, 1.82) is 5.26 Å². The van der Waals surface area contributed by atoms with Crippen molar-refractivity contribution in [3.8, 4) is 6.07 Å². The Kier molecular flexibility index (Phi) is 6.07. The quantitative estimate of drug-likeness (QED) is 0.672. The highest BCUT2D eigenvalue weighted by Gasteiger charge is 2.42. The number of carbonyl (C=O) groups excluding carboxylic acids is 1. The smallest absolute Gasteiger partial charge is 0.364 e. The second-order valence-electron chi connectivity index (χ2n) is 8.26. The summed E-state index contributed by atoms with van der Waals surface area (Å²) in [4.78, 5) is 31.9. The third kappa shape index (κ3) is 4.68. The lowest BCUT2D eigenvalue weighted by molar-refractivity contribution is -0.139. The Morgan fingerprint density at radius 3 is 2.79 bits per heavy atom. The van der Waals surface area contributed by atoms with Gasteiger partial charge < -0.3 is 10.2 Å². The van der Waals surface area contributed by atoms with Gasteiger partial charge in [0.2, 0.25) is 5.91 Å². The molecular weight excluding hydrogens is 439 g/mol. The molecule has 0 bridgehead atoms. The van der Waals surface area contributed by atoms with E-state index >= 15 is 0 Å². The minimum absolute atomic E-state index is 0.0451. The summed E-state index contributed by atoms with van der Waals surface area (Å²) in [6.07, 6.45) is -2.52. The van der Waals surface area contributed by atoms with Crippen LogP contribution in [0.15, 0.2) is 23.1 Å². The molecule has 0 aromatic carbocycles. The zero-order valence-electron chi connectivity index (χ0n) is 17.8. The normalized spacial score (nSPS) is 18.1. The Hall–Kier alpha value is -3.46. The maximum Gasteiger partial charge on any atom is 0.422 e. The minimum Gasteiger partial charge on any atom is -0.364 e. The van der Waals surface area contributed by atoms with E-state index in [2.05, 4.69) is 15.4 Å². The van der Waals surface area contributed by atoms with E-state index in [0.29, 0.717) is 37.4 Å². The molecule has 0 unspecified atom stereocenters. The van der Waals surface area contributed by atoms with Crippen LogP contribution in [0.4, 0.5) is 19.0 Å². The van der Waals surface area contributed by atoms with Gasteiger partial charge in [0.15, 0.2) is 0 Å². The first-order valence-electron chi connectivity index (χ1n) is 10.5. The predicted molar refractivity (Wildman–Crippen MR) is 111 cm³/mol. The Labute approximate surface area is 187 Å². The van der Waals surface area contributed by atoms with Crippen LogP contribution in [0.25, 0.3) is 0 Å². The van der Waals surface area contributed by atoms with Gasteiger partial charge in [-0.3, -0.25) is 14.5 Å². The fourth-order valence-electron chi connectivity index (χ4n) is 4.29. The van der Waals surface area contributed by atoms with Crippen LogP contribution >= 0.6 is 0 Å². The molecule has 0 spiro atoms. The van der Waals surface area contributed by atoms with E-state index in [-0.39, 0.29) is 42.1 Å². The van der Waals surface area contributed by atoms with Crippen molar-refractivity contribution in [3.63, 3.8) is 0 Å². The molecule has 9 nitrogen and oxygen atoms in total. The van der Waals surface area contributed by atoms with Crippen LogP contribution < -0.4 is 10.9 Å². The third-order valence-corrected chi connectivity index (χ3v) is 6.07. The van der Waals surface area contributed by atoms with Crippen LogP contribution in [0.1, 0.15) is 41.3 Å². The van der Waals surface area contributed by atoms with Crippen molar-refractivity contribution in [2.24, 2.45) is 0 Å². The summed E-state index contributed by atoms with van der Waals surface area (Å²) < 4.78 is 39.9. The van der Waals surface area contributed by atoms with Crippen LogP contribution in [-0.2, 0) is 17.4 Å². The molecular formula is C21H22F3N7O2. The number of alkyl halides is 3. The standard InChI is InChI=1S/C21H22F3N7O2/c1-30(15-4-3-14-18(21(22,23)24)20(33)29-28-19(14)15)7-6-17(32)31-10-13(11-31)27-16-5-2-12(8-25)9-26-16/h2,5,9,13,15H,3-4,6-7,10-11H2,1H3,(H,26,27)(H,29,33)/t15-/m1/s1. The van der Waals surface area contributed by atoms with E-state index in [1.165, 1.54) is 6.20 Å². The average molecular weight is 461 g/mol. The number of pyridine rings is 1. The van der Waals surface area contributed by atoms with Crippen LogP contribution in [0.2, 0.25) is 0 Å². The van der Waals surface area contributed by atoms with Gasteiger partial charge in [-0.2, -0.15) is 23.5 Å². The van der Waals surface area contributed by atoms with Crippen molar-refractivity contribution in [1.82, 2.24) is 25.0 Å². The molecule has 174 valence electrons. The summed E-state index contributed by atoms with van der Waals surface area (Å²) in [6.45, 7) is 1.40. The third-order valence-electron chi connectivity index (χ3n) is 6.07. The summed E-state index contributed by atoms with van der Waals surface area (Å²) in [5, 5.41) is 17.9. The maximum absolute atomic E-state index is 13.3. The largest absolute Gasteiger partial charge is 0.422 e. The number of hydrogen-bond acceptors (Lipinski definition) is 7. The molecule has 2 aromatic heterocycles. The molecule has 1 aliphatic heterocycles. The van der Waals surface area contributed by atoms with E-state index in [0.717, 1.165) is 0 Å². The molecule has 2 N–H and O–H groups in total. The van der Waals surface area contributed by atoms with Gasteiger partial charge in [-0.1, -0.05) is 0 Å². The Bertz CT molecular complexity index is 1130. The zero-order valence-corrected chi connectivity index (χ0v) is 17.8. The van der Waals surface area contributed by atoms with Gasteiger partial charge in [0.25, 0.3) is 5.56 Å². The monoisotopic (exact) mass is 461 g/mol. The van der Waals surface area contributed by atoms with Gasteiger partial charge in [-0.25, -0.2) is 10.1 Å². The van der Waals surface area contributed by atoms with Gasteiger partial charge in [0, 0.05) is 32.3 Å². The molecule has 1 fully saturated rings. The van der Waals surface area contributed by atoms with Crippen molar-refractivity contribution in [2.45, 2.75) is 37.5 Å². The number of anilines is 1. The highest BCUT2D eigenvalue weighted by molar-refractivity contribution is 5.77. The molecule has 2 aromatic rings. The molecule has 0 saturated carbocycles. The summed E-state index contributed by atoms with van der Waals surface area (Å²) in [7, 11) is 1.74. The molecule has 3 heterocycles. The number of aromatic nitrogens is 3. The summed E-state index contributed by atoms with van der Waals surface area (Å²) in [6, 6.07) is 5.05. The second-order valence-corrected chi connectivity index (χ2v) is 8.26. The summed E-state index contributed by atoms with van der Waals surface area (Å²) >= 11 is 0. The molecule has 33 heavy (non-hydrogen) atoms. The first kappa shape index (κ1) is 22.7. The molecule has 4 rings (SSSR count). The van der Waals surface area contributed by atoms with Gasteiger partial charge in [-0.15, -0.1) is 0 Å². The van der Waals surface area contributed by atoms with Gasteiger partial charge in [0.05, 0.1) is 23.3 Å². The van der Waals surface area contributed by atoms with E-state index in [9.17, 15) is 22.8 Å².